The van der Waals surface area contributed by atoms with E-state index < -0.39 is 0 Å². The molecule has 2 unspecified atom stereocenters. The van der Waals surface area contributed by atoms with Crippen LogP contribution < -0.4 is 16.6 Å². The summed E-state index contributed by atoms with van der Waals surface area (Å²) in [4.78, 5) is 8.41. The van der Waals surface area contributed by atoms with Gasteiger partial charge < -0.3 is 10.7 Å². The van der Waals surface area contributed by atoms with E-state index in [0.29, 0.717) is 11.9 Å². The first kappa shape index (κ1) is 12.4. The summed E-state index contributed by atoms with van der Waals surface area (Å²) in [5.41, 5.74) is 2.51. The van der Waals surface area contributed by atoms with Crippen molar-refractivity contribution in [3.05, 3.63) is 12.4 Å². The third-order valence-corrected chi connectivity index (χ3v) is 4.19. The molecule has 0 aliphatic heterocycles. The summed E-state index contributed by atoms with van der Waals surface area (Å²) in [6.45, 7) is 0. The maximum atomic E-state index is 5.31. The Kier molecular flexibility index (Phi) is 4.44. The summed E-state index contributed by atoms with van der Waals surface area (Å²) in [6.07, 6.45) is 10.6. The topological polar surface area (TPSA) is 75.9 Å². The lowest BCUT2D eigenvalue weighted by atomic mass is 9.95. The molecule has 0 aromatic carbocycles. The maximum Gasteiger partial charge on any atom is 0.160 e. The number of rotatable bonds is 4. The lowest BCUT2D eigenvalue weighted by Crippen LogP contribution is -2.29. The molecular weight excluding hydrogens is 234 g/mol. The van der Waals surface area contributed by atoms with Crippen molar-refractivity contribution in [1.29, 1.82) is 0 Å². The van der Waals surface area contributed by atoms with E-state index >= 15 is 0 Å². The molecule has 0 bridgehead atoms. The van der Waals surface area contributed by atoms with Gasteiger partial charge >= 0.3 is 0 Å². The van der Waals surface area contributed by atoms with Crippen LogP contribution in [0.25, 0.3) is 0 Å². The number of hydrogen-bond donors (Lipinski definition) is 3. The van der Waals surface area contributed by atoms with Gasteiger partial charge in [0.15, 0.2) is 5.82 Å². The van der Waals surface area contributed by atoms with Crippen LogP contribution in [0.3, 0.4) is 0 Å². The van der Waals surface area contributed by atoms with Crippen molar-refractivity contribution in [2.45, 2.75) is 37.0 Å². The van der Waals surface area contributed by atoms with E-state index in [0.717, 1.165) is 11.1 Å². The smallest absolute Gasteiger partial charge is 0.160 e. The van der Waals surface area contributed by atoms with Crippen molar-refractivity contribution in [1.82, 2.24) is 9.97 Å². The Hall–Kier alpha value is -1.01. The van der Waals surface area contributed by atoms with E-state index in [9.17, 15) is 0 Å². The Labute approximate surface area is 106 Å². The zero-order valence-corrected chi connectivity index (χ0v) is 10.8. The third kappa shape index (κ3) is 3.47. The van der Waals surface area contributed by atoms with Gasteiger partial charge in [0.1, 0.15) is 5.82 Å². The van der Waals surface area contributed by atoms with Crippen molar-refractivity contribution in [2.75, 3.05) is 17.0 Å². The van der Waals surface area contributed by atoms with Crippen molar-refractivity contribution >= 4 is 23.4 Å². The van der Waals surface area contributed by atoms with Gasteiger partial charge in [0, 0.05) is 11.3 Å². The van der Waals surface area contributed by atoms with Crippen LogP contribution >= 0.6 is 11.8 Å². The number of anilines is 2. The van der Waals surface area contributed by atoms with Crippen molar-refractivity contribution in [2.24, 2.45) is 5.84 Å². The molecule has 1 aromatic heterocycles. The average molecular weight is 253 g/mol. The Morgan fingerprint density at radius 1 is 1.35 bits per heavy atom. The van der Waals surface area contributed by atoms with Gasteiger partial charge in [-0.3, -0.25) is 4.98 Å². The van der Waals surface area contributed by atoms with E-state index in [2.05, 4.69) is 27.0 Å². The molecule has 1 aliphatic rings. The molecule has 94 valence electrons. The summed E-state index contributed by atoms with van der Waals surface area (Å²) in [7, 11) is 0. The highest BCUT2D eigenvalue weighted by atomic mass is 32.2. The van der Waals surface area contributed by atoms with Gasteiger partial charge in [0.2, 0.25) is 0 Å². The van der Waals surface area contributed by atoms with Gasteiger partial charge in [-0.25, -0.2) is 10.8 Å². The zero-order chi connectivity index (χ0) is 12.1. The van der Waals surface area contributed by atoms with E-state index in [1.165, 1.54) is 25.7 Å². The van der Waals surface area contributed by atoms with Crippen LogP contribution in [0.5, 0.6) is 0 Å². The summed E-state index contributed by atoms with van der Waals surface area (Å²) >= 11 is 1.96. The first-order valence-corrected chi connectivity index (χ1v) is 7.18. The normalized spacial score (nSPS) is 24.4. The van der Waals surface area contributed by atoms with Crippen molar-refractivity contribution in [3.63, 3.8) is 0 Å². The fourth-order valence-corrected chi connectivity index (χ4v) is 3.03. The van der Waals surface area contributed by atoms with Gasteiger partial charge in [-0.2, -0.15) is 11.8 Å². The molecule has 2 rings (SSSR count). The summed E-state index contributed by atoms with van der Waals surface area (Å²) in [6, 6.07) is 0.503. The fourth-order valence-electron chi connectivity index (χ4n) is 2.20. The zero-order valence-electron chi connectivity index (χ0n) is 10.0. The number of nitrogens with one attached hydrogen (secondary N) is 2. The Morgan fingerprint density at radius 2 is 2.18 bits per heavy atom. The van der Waals surface area contributed by atoms with Gasteiger partial charge in [0.05, 0.1) is 12.4 Å². The maximum absolute atomic E-state index is 5.31. The molecule has 1 saturated carbocycles. The van der Waals surface area contributed by atoms with E-state index in [-0.39, 0.29) is 0 Å². The number of aromatic nitrogens is 2. The highest BCUT2D eigenvalue weighted by Gasteiger charge is 2.21. The lowest BCUT2D eigenvalue weighted by Gasteiger charge is -2.28. The van der Waals surface area contributed by atoms with Gasteiger partial charge in [-0.15, -0.1) is 0 Å². The number of nitrogens with zero attached hydrogens (tertiary/aromatic N) is 2. The quantitative estimate of drug-likeness (QED) is 0.561. The SMILES string of the molecule is CSC1CCCC(Nc2cncc(NN)n2)C1. The van der Waals surface area contributed by atoms with Gasteiger partial charge in [0.25, 0.3) is 0 Å². The van der Waals surface area contributed by atoms with Crippen LogP contribution in [0.15, 0.2) is 12.4 Å². The number of hydrazine groups is 1. The number of thioether (sulfide) groups is 1. The van der Waals surface area contributed by atoms with E-state index in [4.69, 9.17) is 5.84 Å². The van der Waals surface area contributed by atoms with Gasteiger partial charge in [-0.05, 0) is 25.5 Å². The standard InChI is InChI=1S/C11H19N5S/c1-17-9-4-2-3-8(5-9)14-10-6-13-7-11(15-10)16-12/h6-9H,2-5,12H2,1H3,(H2,14,15,16). The average Bonchev–Trinajstić information content (AvgIpc) is 2.39. The van der Waals surface area contributed by atoms with Crippen molar-refractivity contribution in [3.8, 4) is 0 Å². The molecule has 1 aliphatic carbocycles. The minimum atomic E-state index is 0.503. The molecule has 1 fully saturated rings. The highest BCUT2D eigenvalue weighted by molar-refractivity contribution is 7.99. The Bertz CT molecular complexity index is 359. The minimum absolute atomic E-state index is 0.503. The van der Waals surface area contributed by atoms with Crippen LogP contribution in [0.1, 0.15) is 25.7 Å². The molecule has 1 aromatic rings. The highest BCUT2D eigenvalue weighted by Crippen LogP contribution is 2.28. The molecule has 5 nitrogen and oxygen atoms in total. The first-order chi connectivity index (χ1) is 8.31. The monoisotopic (exact) mass is 253 g/mol. The number of hydrogen-bond acceptors (Lipinski definition) is 6. The second kappa shape index (κ2) is 6.07. The van der Waals surface area contributed by atoms with E-state index in [1.807, 2.05) is 11.8 Å². The van der Waals surface area contributed by atoms with Crippen LogP contribution in [-0.4, -0.2) is 27.5 Å². The predicted octanol–water partition coefficient (Wildman–Crippen LogP) is 1.85. The molecule has 0 radical (unpaired) electrons. The second-order valence-electron chi connectivity index (χ2n) is 4.30. The molecule has 4 N–H and O–H groups in total. The van der Waals surface area contributed by atoms with Crippen LogP contribution in [0, 0.1) is 0 Å². The lowest BCUT2D eigenvalue weighted by molar-refractivity contribution is 0.472. The third-order valence-electron chi connectivity index (χ3n) is 3.09. The molecular formula is C11H19N5S. The molecule has 0 amide bonds. The van der Waals surface area contributed by atoms with Crippen molar-refractivity contribution < 1.29 is 0 Å². The summed E-state index contributed by atoms with van der Waals surface area (Å²) in [5.74, 6) is 6.70. The fraction of sp³-hybridized carbons (Fsp3) is 0.636. The Morgan fingerprint density at radius 3 is 2.94 bits per heavy atom. The summed E-state index contributed by atoms with van der Waals surface area (Å²) < 4.78 is 0. The first-order valence-electron chi connectivity index (χ1n) is 5.90. The predicted molar refractivity (Wildman–Crippen MR) is 73.0 cm³/mol. The number of nitrogens with two attached hydrogens (primary N) is 1. The number of nitrogen functional groups attached to an aromatic ring is 1. The second-order valence-corrected chi connectivity index (χ2v) is 5.44. The molecule has 0 saturated heterocycles. The molecule has 6 heteroatoms. The van der Waals surface area contributed by atoms with Crippen LogP contribution in [-0.2, 0) is 0 Å². The minimum Gasteiger partial charge on any atom is -0.366 e. The molecule has 0 spiro atoms. The molecule has 2 atom stereocenters. The van der Waals surface area contributed by atoms with Crippen LogP contribution in [0.2, 0.25) is 0 Å². The largest absolute Gasteiger partial charge is 0.366 e. The summed E-state index contributed by atoms with van der Waals surface area (Å²) in [5, 5.41) is 4.21. The molecule has 1 heterocycles. The van der Waals surface area contributed by atoms with Gasteiger partial charge in [-0.1, -0.05) is 6.42 Å². The van der Waals surface area contributed by atoms with Crippen LogP contribution in [0.4, 0.5) is 11.6 Å². The van der Waals surface area contributed by atoms with E-state index in [1.54, 1.807) is 12.4 Å². The molecule has 17 heavy (non-hydrogen) atoms. The Balaban J connectivity index is 1.95.